The summed E-state index contributed by atoms with van der Waals surface area (Å²) in [7, 11) is 0.676. The van der Waals surface area contributed by atoms with E-state index in [0.29, 0.717) is 12.8 Å². The largest absolute Gasteiger partial charge is 0.490 e. The van der Waals surface area contributed by atoms with Crippen LogP contribution in [0.1, 0.15) is 11.1 Å². The number of esters is 1. The molecule has 0 aliphatic carbocycles. The van der Waals surface area contributed by atoms with Crippen molar-refractivity contribution >= 4 is 11.7 Å². The van der Waals surface area contributed by atoms with Gasteiger partial charge in [-0.1, -0.05) is 6.07 Å². The van der Waals surface area contributed by atoms with E-state index in [-0.39, 0.29) is 5.56 Å². The van der Waals surface area contributed by atoms with Crippen LogP contribution in [0.2, 0.25) is 0 Å². The molecule has 0 bridgehead atoms. The predicted octanol–water partition coefficient (Wildman–Crippen LogP) is 2.61. The zero-order valence-electron chi connectivity index (χ0n) is 10.5. The molecule has 114 valence electrons. The Bertz CT molecular complexity index is 467. The quantitative estimate of drug-likeness (QED) is 0.592. The molecule has 20 heavy (non-hydrogen) atoms. The average molecular weight is 304 g/mol. The van der Waals surface area contributed by atoms with Crippen molar-refractivity contribution in [2.24, 2.45) is 0 Å². The molecular formula is C11H12F6NO2+. The van der Waals surface area contributed by atoms with Gasteiger partial charge in [0.25, 0.3) is 0 Å². The van der Waals surface area contributed by atoms with Gasteiger partial charge in [0.15, 0.2) is 0 Å². The number of methoxy groups -OCH3 is 1. The molecule has 0 unspecified atom stereocenters. The molecular weight excluding hydrogens is 292 g/mol. The molecule has 0 fully saturated rings. The van der Waals surface area contributed by atoms with Crippen molar-refractivity contribution in [3.8, 4) is 0 Å². The van der Waals surface area contributed by atoms with Crippen LogP contribution in [0.15, 0.2) is 18.2 Å². The molecule has 0 aromatic heterocycles. The second-order valence-electron chi connectivity index (χ2n) is 3.58. The molecule has 1 rings (SSSR count). The zero-order valence-corrected chi connectivity index (χ0v) is 10.5. The lowest BCUT2D eigenvalue weighted by molar-refractivity contribution is -0.256. The Morgan fingerprint density at radius 1 is 1.15 bits per heavy atom. The highest BCUT2D eigenvalue weighted by Gasteiger charge is 2.40. The van der Waals surface area contributed by atoms with Crippen LogP contribution in [0.25, 0.3) is 0 Å². The van der Waals surface area contributed by atoms with Gasteiger partial charge in [-0.3, -0.25) is 0 Å². The predicted molar refractivity (Wildman–Crippen MR) is 56.8 cm³/mol. The lowest BCUT2D eigenvalue weighted by Crippen LogP contribution is -2.41. The van der Waals surface area contributed by atoms with E-state index in [1.165, 1.54) is 13.0 Å². The van der Waals surface area contributed by atoms with Crippen molar-refractivity contribution in [3.63, 3.8) is 0 Å². The van der Waals surface area contributed by atoms with Crippen molar-refractivity contribution in [2.45, 2.75) is 19.3 Å². The van der Waals surface area contributed by atoms with Crippen molar-refractivity contribution in [3.05, 3.63) is 29.3 Å². The molecule has 0 saturated heterocycles. The molecule has 0 aliphatic rings. The first kappa shape index (κ1) is 18.2. The third kappa shape index (κ3) is 5.47. The van der Waals surface area contributed by atoms with E-state index in [0.717, 1.165) is 6.07 Å². The van der Waals surface area contributed by atoms with Crippen molar-refractivity contribution in [1.82, 2.24) is 0 Å². The molecule has 0 spiro atoms. The van der Waals surface area contributed by atoms with Crippen LogP contribution < -0.4 is 5.73 Å². The van der Waals surface area contributed by atoms with Gasteiger partial charge < -0.3 is 10.5 Å². The van der Waals surface area contributed by atoms with Gasteiger partial charge in [0, 0.05) is 5.56 Å². The summed E-state index contributed by atoms with van der Waals surface area (Å²) in [5.41, 5.74) is 3.51. The third-order valence-corrected chi connectivity index (χ3v) is 2.17. The molecule has 1 aromatic carbocycles. The molecule has 0 amide bonds. The van der Waals surface area contributed by atoms with E-state index >= 15 is 0 Å². The summed E-state index contributed by atoms with van der Waals surface area (Å²) in [6.07, 6.45) is -9.12. The SMILES string of the molecule is COC(=O)C(F)(F)F.Cc1c([NH3+])cccc1C(F)(F)F. The Morgan fingerprint density at radius 3 is 1.90 bits per heavy atom. The third-order valence-electron chi connectivity index (χ3n) is 2.17. The molecule has 0 saturated carbocycles. The van der Waals surface area contributed by atoms with E-state index in [4.69, 9.17) is 0 Å². The number of carbonyl (C=O) groups is 1. The summed E-state index contributed by atoms with van der Waals surface area (Å²) in [6.45, 7) is 1.42. The Labute approximate surface area is 110 Å². The highest BCUT2D eigenvalue weighted by Crippen LogP contribution is 2.32. The van der Waals surface area contributed by atoms with E-state index in [9.17, 15) is 31.1 Å². The summed E-state index contributed by atoms with van der Waals surface area (Å²) in [6, 6.07) is 3.98. The molecule has 0 heterocycles. The Morgan fingerprint density at radius 2 is 1.65 bits per heavy atom. The maximum atomic E-state index is 12.2. The van der Waals surface area contributed by atoms with Crippen LogP contribution >= 0.6 is 0 Å². The van der Waals surface area contributed by atoms with Crippen molar-refractivity contribution < 1.29 is 41.6 Å². The summed E-state index contributed by atoms with van der Waals surface area (Å²) >= 11 is 0. The van der Waals surface area contributed by atoms with Gasteiger partial charge in [0.05, 0.1) is 12.7 Å². The number of rotatable bonds is 0. The second kappa shape index (κ2) is 6.60. The van der Waals surface area contributed by atoms with Crippen molar-refractivity contribution in [1.29, 1.82) is 0 Å². The van der Waals surface area contributed by atoms with E-state index in [1.54, 1.807) is 6.07 Å². The number of ether oxygens (including phenoxy) is 1. The molecule has 1 aromatic rings. The van der Waals surface area contributed by atoms with Gasteiger partial charge in [0.2, 0.25) is 0 Å². The second-order valence-corrected chi connectivity index (χ2v) is 3.58. The summed E-state index contributed by atoms with van der Waals surface area (Å²) in [5.74, 6) is -2.17. The molecule has 9 heteroatoms. The van der Waals surface area contributed by atoms with E-state index < -0.39 is 23.9 Å². The lowest BCUT2D eigenvalue weighted by atomic mass is 10.1. The minimum absolute atomic E-state index is 0.199. The molecule has 3 N–H and O–H groups in total. The van der Waals surface area contributed by atoms with E-state index in [1.807, 2.05) is 0 Å². The fourth-order valence-corrected chi connectivity index (χ4v) is 1.11. The van der Waals surface area contributed by atoms with Crippen LogP contribution in [0, 0.1) is 6.92 Å². The molecule has 0 atom stereocenters. The van der Waals surface area contributed by atoms with Gasteiger partial charge in [0.1, 0.15) is 5.69 Å². The van der Waals surface area contributed by atoms with Gasteiger partial charge in [-0.15, -0.1) is 0 Å². The Kier molecular flexibility index (Phi) is 6.01. The number of halogens is 6. The number of hydrogen-bond acceptors (Lipinski definition) is 2. The number of carbonyl (C=O) groups excluding carboxylic acids is 1. The van der Waals surface area contributed by atoms with E-state index in [2.05, 4.69) is 10.5 Å². The van der Waals surface area contributed by atoms with Gasteiger partial charge in [-0.25, -0.2) is 4.79 Å². The van der Waals surface area contributed by atoms with Gasteiger partial charge in [-0.2, -0.15) is 26.3 Å². The smallest absolute Gasteiger partial charge is 0.462 e. The topological polar surface area (TPSA) is 53.9 Å². The van der Waals surface area contributed by atoms with Crippen molar-refractivity contribution in [2.75, 3.05) is 7.11 Å². The van der Waals surface area contributed by atoms with Crippen LogP contribution in [-0.2, 0) is 15.7 Å². The number of benzene rings is 1. The molecule has 0 radical (unpaired) electrons. The Balaban J connectivity index is 0.000000396. The first-order valence-electron chi connectivity index (χ1n) is 5.05. The van der Waals surface area contributed by atoms with Crippen LogP contribution in [0.4, 0.5) is 32.0 Å². The van der Waals surface area contributed by atoms with Crippen LogP contribution in [-0.4, -0.2) is 19.3 Å². The summed E-state index contributed by atoms with van der Waals surface area (Å²) < 4.78 is 72.9. The lowest BCUT2D eigenvalue weighted by Gasteiger charge is -2.09. The zero-order chi connectivity index (χ0) is 16.1. The molecule has 0 aliphatic heterocycles. The standard InChI is InChI=1S/C8H8F3N.C3H3F3O2/c1-5-6(8(9,10)11)3-2-4-7(5)12;1-8-2(7)3(4,5)6/h2-4H,12H2,1H3;1H3/p+1. The summed E-state index contributed by atoms with van der Waals surface area (Å²) in [5, 5.41) is 0. The maximum Gasteiger partial charge on any atom is 0.490 e. The highest BCUT2D eigenvalue weighted by atomic mass is 19.4. The maximum absolute atomic E-state index is 12.2. The van der Waals surface area contributed by atoms with Gasteiger partial charge in [-0.05, 0) is 19.1 Å². The first-order valence-corrected chi connectivity index (χ1v) is 5.05. The van der Waals surface area contributed by atoms with Crippen LogP contribution in [0.3, 0.4) is 0 Å². The minimum Gasteiger partial charge on any atom is -0.462 e. The number of hydrogen-bond donors (Lipinski definition) is 1. The fraction of sp³-hybridized carbons (Fsp3) is 0.364. The average Bonchev–Trinajstić information content (AvgIpc) is 2.29. The fourth-order valence-electron chi connectivity index (χ4n) is 1.11. The first-order chi connectivity index (χ1) is 8.91. The van der Waals surface area contributed by atoms with Gasteiger partial charge >= 0.3 is 18.3 Å². The summed E-state index contributed by atoms with van der Waals surface area (Å²) in [4.78, 5) is 9.49. The number of alkyl halides is 6. The number of quaternary nitrogens is 1. The normalized spacial score (nSPS) is 11.4. The Hall–Kier alpha value is -1.77. The monoisotopic (exact) mass is 304 g/mol. The minimum atomic E-state index is -4.85. The van der Waals surface area contributed by atoms with Crippen LogP contribution in [0.5, 0.6) is 0 Å². The highest BCUT2D eigenvalue weighted by molar-refractivity contribution is 5.75. The molecule has 3 nitrogen and oxygen atoms in total.